The molecule has 19 heavy (non-hydrogen) atoms. The highest BCUT2D eigenvalue weighted by Crippen LogP contribution is 2.22. The van der Waals surface area contributed by atoms with Crippen molar-refractivity contribution in [1.29, 1.82) is 0 Å². The number of hydrogen-bond acceptors (Lipinski definition) is 4. The minimum atomic E-state index is -0.255. The maximum Gasteiger partial charge on any atom is 0.497 e. The van der Waals surface area contributed by atoms with Crippen molar-refractivity contribution in [2.75, 3.05) is 26.7 Å². The van der Waals surface area contributed by atoms with Crippen LogP contribution in [0.3, 0.4) is 0 Å². The lowest BCUT2D eigenvalue weighted by atomic mass is 9.82. The van der Waals surface area contributed by atoms with Crippen LogP contribution in [-0.4, -0.2) is 54.1 Å². The standard InChI is InChI=1S/C13H22BN3O2/c1-13(2)10-18-14(19-13)11-8-15-17(9-11)12-4-6-16(3)7-5-12/h8-9,12H,4-7,10H2,1-3H3. The van der Waals surface area contributed by atoms with Gasteiger partial charge in [0.05, 0.1) is 18.2 Å². The maximum atomic E-state index is 5.87. The second kappa shape index (κ2) is 4.92. The summed E-state index contributed by atoms with van der Waals surface area (Å²) in [4.78, 5) is 2.37. The molecule has 2 saturated heterocycles. The van der Waals surface area contributed by atoms with Crippen molar-refractivity contribution in [1.82, 2.24) is 14.7 Å². The molecule has 6 heteroatoms. The highest BCUT2D eigenvalue weighted by Gasteiger charge is 2.39. The van der Waals surface area contributed by atoms with Crippen LogP contribution >= 0.6 is 0 Å². The van der Waals surface area contributed by atoms with E-state index in [2.05, 4.69) is 27.9 Å². The maximum absolute atomic E-state index is 5.87. The molecular formula is C13H22BN3O2. The summed E-state index contributed by atoms with van der Waals surface area (Å²) < 4.78 is 13.6. The van der Waals surface area contributed by atoms with Gasteiger partial charge in [0.15, 0.2) is 0 Å². The lowest BCUT2D eigenvalue weighted by Gasteiger charge is -2.29. The number of nitrogens with zero attached hydrogens (tertiary/aromatic N) is 3. The Morgan fingerprint density at radius 3 is 2.74 bits per heavy atom. The molecule has 0 spiro atoms. The van der Waals surface area contributed by atoms with Gasteiger partial charge < -0.3 is 14.2 Å². The topological polar surface area (TPSA) is 39.5 Å². The molecule has 0 aliphatic carbocycles. The molecule has 0 bridgehead atoms. The van der Waals surface area contributed by atoms with Crippen LogP contribution in [0.5, 0.6) is 0 Å². The van der Waals surface area contributed by atoms with E-state index in [9.17, 15) is 0 Å². The molecule has 2 aliphatic heterocycles. The molecule has 104 valence electrons. The Balaban J connectivity index is 1.67. The molecule has 1 aromatic heterocycles. The SMILES string of the molecule is CN1CCC(n2cc(B3OCC(C)(C)O3)cn2)CC1. The van der Waals surface area contributed by atoms with Gasteiger partial charge in [-0.3, -0.25) is 4.68 Å². The van der Waals surface area contributed by atoms with E-state index in [1.807, 2.05) is 20.0 Å². The van der Waals surface area contributed by atoms with Crippen LogP contribution in [0.2, 0.25) is 0 Å². The molecule has 3 heterocycles. The van der Waals surface area contributed by atoms with Gasteiger partial charge in [-0.1, -0.05) is 0 Å². The summed E-state index contributed by atoms with van der Waals surface area (Å²) in [6.45, 7) is 7.02. The Bertz CT molecular complexity index is 441. The van der Waals surface area contributed by atoms with Crippen molar-refractivity contribution >= 4 is 12.6 Å². The summed E-state index contributed by atoms with van der Waals surface area (Å²) in [5.74, 6) is 0. The monoisotopic (exact) mass is 263 g/mol. The highest BCUT2D eigenvalue weighted by molar-refractivity contribution is 6.61. The zero-order valence-corrected chi connectivity index (χ0v) is 12.0. The summed E-state index contributed by atoms with van der Waals surface area (Å²) in [5, 5.41) is 4.50. The largest absolute Gasteiger partial charge is 0.497 e. The van der Waals surface area contributed by atoms with Crippen LogP contribution in [0.15, 0.2) is 12.4 Å². The van der Waals surface area contributed by atoms with Crippen molar-refractivity contribution in [2.24, 2.45) is 0 Å². The van der Waals surface area contributed by atoms with Crippen LogP contribution in [-0.2, 0) is 9.31 Å². The fraction of sp³-hybridized carbons (Fsp3) is 0.769. The molecule has 5 nitrogen and oxygen atoms in total. The van der Waals surface area contributed by atoms with Gasteiger partial charge in [0.25, 0.3) is 0 Å². The molecule has 0 N–H and O–H groups in total. The number of piperidine rings is 1. The predicted molar refractivity (Wildman–Crippen MR) is 74.5 cm³/mol. The van der Waals surface area contributed by atoms with E-state index in [1.165, 1.54) is 0 Å². The van der Waals surface area contributed by atoms with E-state index < -0.39 is 0 Å². The smallest absolute Gasteiger partial charge is 0.404 e. The number of aromatic nitrogens is 2. The zero-order valence-electron chi connectivity index (χ0n) is 12.0. The van der Waals surface area contributed by atoms with Gasteiger partial charge in [0.1, 0.15) is 0 Å². The first kappa shape index (κ1) is 13.2. The quantitative estimate of drug-likeness (QED) is 0.735. The van der Waals surface area contributed by atoms with Crippen LogP contribution < -0.4 is 5.46 Å². The molecule has 0 unspecified atom stereocenters. The van der Waals surface area contributed by atoms with Gasteiger partial charge in [-0.15, -0.1) is 0 Å². The van der Waals surface area contributed by atoms with Gasteiger partial charge in [-0.2, -0.15) is 5.10 Å². The van der Waals surface area contributed by atoms with Crippen molar-refractivity contribution in [3.8, 4) is 0 Å². The Morgan fingerprint density at radius 1 is 1.37 bits per heavy atom. The van der Waals surface area contributed by atoms with Crippen LogP contribution in [0.1, 0.15) is 32.7 Å². The Kier molecular flexibility index (Phi) is 3.41. The van der Waals surface area contributed by atoms with Crippen LogP contribution in [0.25, 0.3) is 0 Å². The first-order valence-electron chi connectivity index (χ1n) is 7.05. The van der Waals surface area contributed by atoms with Crippen molar-refractivity contribution in [2.45, 2.75) is 38.3 Å². The van der Waals surface area contributed by atoms with E-state index in [4.69, 9.17) is 9.31 Å². The molecule has 1 aromatic rings. The van der Waals surface area contributed by atoms with Gasteiger partial charge in [-0.25, -0.2) is 0 Å². The zero-order chi connectivity index (χ0) is 13.5. The van der Waals surface area contributed by atoms with Gasteiger partial charge in [0, 0.05) is 17.9 Å². The second-order valence-electron chi connectivity index (χ2n) is 6.31. The lowest BCUT2D eigenvalue weighted by molar-refractivity contribution is 0.137. The number of likely N-dealkylation sites (tertiary alicyclic amines) is 1. The third-order valence-electron chi connectivity index (χ3n) is 3.96. The van der Waals surface area contributed by atoms with Gasteiger partial charge >= 0.3 is 7.12 Å². The molecule has 0 radical (unpaired) electrons. The summed E-state index contributed by atoms with van der Waals surface area (Å²) >= 11 is 0. The molecular weight excluding hydrogens is 241 g/mol. The summed E-state index contributed by atoms with van der Waals surface area (Å²) in [7, 11) is 1.92. The second-order valence-corrected chi connectivity index (χ2v) is 6.31. The number of hydrogen-bond donors (Lipinski definition) is 0. The third kappa shape index (κ3) is 2.85. The van der Waals surface area contributed by atoms with Crippen molar-refractivity contribution < 1.29 is 9.31 Å². The number of rotatable bonds is 2. The van der Waals surface area contributed by atoms with Gasteiger partial charge in [0.2, 0.25) is 0 Å². The molecule has 2 aliphatic rings. The van der Waals surface area contributed by atoms with Crippen LogP contribution in [0.4, 0.5) is 0 Å². The molecule has 0 saturated carbocycles. The summed E-state index contributed by atoms with van der Waals surface area (Å²) in [6.07, 6.45) is 6.29. The van der Waals surface area contributed by atoms with E-state index in [-0.39, 0.29) is 12.7 Å². The fourth-order valence-corrected chi connectivity index (χ4v) is 2.73. The Labute approximate surface area is 115 Å². The van der Waals surface area contributed by atoms with E-state index >= 15 is 0 Å². The van der Waals surface area contributed by atoms with E-state index in [0.29, 0.717) is 12.6 Å². The summed E-state index contributed by atoms with van der Waals surface area (Å²) in [5.41, 5.74) is 0.838. The first-order chi connectivity index (χ1) is 9.03. The minimum Gasteiger partial charge on any atom is -0.404 e. The normalized spacial score (nSPS) is 25.1. The molecule has 0 atom stereocenters. The predicted octanol–water partition coefficient (Wildman–Crippen LogP) is 0.670. The summed E-state index contributed by atoms with van der Waals surface area (Å²) in [6, 6.07) is 0.513. The van der Waals surface area contributed by atoms with Crippen LogP contribution in [0, 0.1) is 0 Å². The first-order valence-corrected chi connectivity index (χ1v) is 7.05. The Hall–Kier alpha value is -0.845. The Morgan fingerprint density at radius 2 is 2.11 bits per heavy atom. The van der Waals surface area contributed by atoms with Crippen molar-refractivity contribution in [3.05, 3.63) is 12.4 Å². The molecule has 3 rings (SSSR count). The molecule has 2 fully saturated rings. The molecule has 0 aromatic carbocycles. The van der Waals surface area contributed by atoms with Crippen molar-refractivity contribution in [3.63, 3.8) is 0 Å². The minimum absolute atomic E-state index is 0.194. The van der Waals surface area contributed by atoms with E-state index in [1.54, 1.807) is 0 Å². The molecule has 0 amide bonds. The average Bonchev–Trinajstić information content (AvgIpc) is 2.96. The average molecular weight is 263 g/mol. The van der Waals surface area contributed by atoms with E-state index in [0.717, 1.165) is 31.4 Å². The highest BCUT2D eigenvalue weighted by atomic mass is 16.7. The fourth-order valence-electron chi connectivity index (χ4n) is 2.73. The lowest BCUT2D eigenvalue weighted by Crippen LogP contribution is -2.34. The van der Waals surface area contributed by atoms with Gasteiger partial charge in [-0.05, 0) is 46.8 Å². The third-order valence-corrected chi connectivity index (χ3v) is 3.96.